The van der Waals surface area contributed by atoms with Crippen LogP contribution in [0.1, 0.15) is 37.3 Å². The second-order valence-electron chi connectivity index (χ2n) is 6.39. The van der Waals surface area contributed by atoms with Crippen LogP contribution in [0.2, 0.25) is 0 Å². The third kappa shape index (κ3) is 4.12. The molecule has 2 aromatic rings. The second-order valence-corrected chi connectivity index (χ2v) is 6.39. The minimum absolute atomic E-state index is 0.0193. The highest BCUT2D eigenvalue weighted by Gasteiger charge is 2.27. The number of urea groups is 1. The van der Waals surface area contributed by atoms with Gasteiger partial charge in [-0.05, 0) is 42.7 Å². The number of hydrogen-bond acceptors (Lipinski definition) is 2. The second kappa shape index (κ2) is 8.17. The lowest BCUT2D eigenvalue weighted by Crippen LogP contribution is -2.38. The third-order valence-corrected chi connectivity index (χ3v) is 4.69. The Balaban J connectivity index is 1.82. The summed E-state index contributed by atoms with van der Waals surface area (Å²) in [5.74, 6) is -0.702. The van der Waals surface area contributed by atoms with Crippen molar-refractivity contribution in [2.75, 3.05) is 19.0 Å². The van der Waals surface area contributed by atoms with Crippen molar-refractivity contribution >= 4 is 11.7 Å². The molecule has 1 saturated heterocycles. The predicted molar refractivity (Wildman–Crippen MR) is 96.3 cm³/mol. The highest BCUT2D eigenvalue weighted by Crippen LogP contribution is 2.32. The molecule has 0 aliphatic carbocycles. The van der Waals surface area contributed by atoms with Crippen LogP contribution in [-0.2, 0) is 0 Å². The molecule has 0 bridgehead atoms. The lowest BCUT2D eigenvalue weighted by atomic mass is 10.0. The summed E-state index contributed by atoms with van der Waals surface area (Å²) in [6, 6.07) is 10.3. The zero-order valence-corrected chi connectivity index (χ0v) is 14.7. The number of methoxy groups -OCH3 is 1. The Morgan fingerprint density at radius 1 is 1.12 bits per heavy atom. The molecule has 26 heavy (non-hydrogen) atoms. The van der Waals surface area contributed by atoms with Crippen LogP contribution in [0.15, 0.2) is 42.5 Å². The van der Waals surface area contributed by atoms with E-state index in [1.807, 2.05) is 24.3 Å². The van der Waals surface area contributed by atoms with E-state index in [1.165, 1.54) is 6.07 Å². The van der Waals surface area contributed by atoms with Gasteiger partial charge in [-0.25, -0.2) is 13.6 Å². The van der Waals surface area contributed by atoms with Gasteiger partial charge in [0, 0.05) is 12.6 Å². The van der Waals surface area contributed by atoms with Crippen LogP contribution in [-0.4, -0.2) is 24.6 Å². The molecule has 2 aromatic carbocycles. The molecule has 6 heteroatoms. The standard InChI is InChI=1S/C20H22F2N2O2/c1-26-16-9-6-14(7-10-16)19-5-3-2-4-12-24(19)20(25)23-18-11-8-15(21)13-17(18)22/h6-11,13,19H,2-5,12H2,1H3,(H,23,25). The summed E-state index contributed by atoms with van der Waals surface area (Å²) in [4.78, 5) is 14.5. The van der Waals surface area contributed by atoms with Gasteiger partial charge in [0.2, 0.25) is 0 Å². The third-order valence-electron chi connectivity index (χ3n) is 4.69. The Hall–Kier alpha value is -2.63. The predicted octanol–water partition coefficient (Wildman–Crippen LogP) is 5.12. The fraction of sp³-hybridized carbons (Fsp3) is 0.350. The number of halogens is 2. The molecule has 2 amide bonds. The van der Waals surface area contributed by atoms with Crippen molar-refractivity contribution in [3.63, 3.8) is 0 Å². The first-order valence-corrected chi connectivity index (χ1v) is 8.75. The van der Waals surface area contributed by atoms with Crippen molar-refractivity contribution in [3.8, 4) is 5.75 Å². The molecular formula is C20H22F2N2O2. The van der Waals surface area contributed by atoms with E-state index in [2.05, 4.69) is 5.32 Å². The molecule has 4 nitrogen and oxygen atoms in total. The molecule has 1 N–H and O–H groups in total. The Morgan fingerprint density at radius 2 is 1.88 bits per heavy atom. The van der Waals surface area contributed by atoms with E-state index < -0.39 is 11.6 Å². The van der Waals surface area contributed by atoms with Gasteiger partial charge in [-0.15, -0.1) is 0 Å². The molecular weight excluding hydrogens is 338 g/mol. The van der Waals surface area contributed by atoms with E-state index in [-0.39, 0.29) is 17.8 Å². The van der Waals surface area contributed by atoms with Gasteiger partial charge in [-0.1, -0.05) is 25.0 Å². The normalized spacial score (nSPS) is 17.5. The van der Waals surface area contributed by atoms with Crippen LogP contribution in [0.3, 0.4) is 0 Å². The summed E-state index contributed by atoms with van der Waals surface area (Å²) < 4.78 is 32.1. The number of nitrogens with zero attached hydrogens (tertiary/aromatic N) is 1. The maximum absolute atomic E-state index is 13.9. The molecule has 3 rings (SSSR count). The minimum Gasteiger partial charge on any atom is -0.497 e. The fourth-order valence-electron chi connectivity index (χ4n) is 3.30. The van der Waals surface area contributed by atoms with Gasteiger partial charge >= 0.3 is 6.03 Å². The molecule has 1 fully saturated rings. The van der Waals surface area contributed by atoms with Gasteiger partial charge in [0.15, 0.2) is 0 Å². The van der Waals surface area contributed by atoms with Crippen molar-refractivity contribution in [2.45, 2.75) is 31.7 Å². The zero-order chi connectivity index (χ0) is 18.5. The van der Waals surface area contributed by atoms with Crippen LogP contribution in [0.25, 0.3) is 0 Å². The molecule has 0 radical (unpaired) electrons. The van der Waals surface area contributed by atoms with Gasteiger partial charge < -0.3 is 15.0 Å². The van der Waals surface area contributed by atoms with Gasteiger partial charge in [-0.2, -0.15) is 0 Å². The summed E-state index contributed by atoms with van der Waals surface area (Å²) in [6.07, 6.45) is 3.80. The van der Waals surface area contributed by atoms with E-state index in [1.54, 1.807) is 12.0 Å². The smallest absolute Gasteiger partial charge is 0.322 e. The number of hydrogen-bond donors (Lipinski definition) is 1. The average Bonchev–Trinajstić information content (AvgIpc) is 2.90. The number of likely N-dealkylation sites (tertiary alicyclic amines) is 1. The van der Waals surface area contributed by atoms with Crippen molar-refractivity contribution in [3.05, 3.63) is 59.7 Å². The van der Waals surface area contributed by atoms with Gasteiger partial charge in [0.05, 0.1) is 18.8 Å². The van der Waals surface area contributed by atoms with Gasteiger partial charge in [-0.3, -0.25) is 0 Å². The molecule has 0 spiro atoms. The highest BCUT2D eigenvalue weighted by atomic mass is 19.1. The summed E-state index contributed by atoms with van der Waals surface area (Å²) in [7, 11) is 1.61. The van der Waals surface area contributed by atoms with E-state index in [0.29, 0.717) is 6.54 Å². The monoisotopic (exact) mass is 360 g/mol. The number of nitrogens with one attached hydrogen (secondary N) is 1. The van der Waals surface area contributed by atoms with E-state index in [0.717, 1.165) is 49.1 Å². The average molecular weight is 360 g/mol. The highest BCUT2D eigenvalue weighted by molar-refractivity contribution is 5.89. The molecule has 1 heterocycles. The van der Waals surface area contributed by atoms with Crippen molar-refractivity contribution in [1.82, 2.24) is 4.90 Å². The number of benzene rings is 2. The number of carbonyl (C=O) groups is 1. The largest absolute Gasteiger partial charge is 0.497 e. The van der Waals surface area contributed by atoms with Crippen LogP contribution >= 0.6 is 0 Å². The van der Waals surface area contributed by atoms with Crippen LogP contribution in [0.4, 0.5) is 19.3 Å². The Labute approximate surface area is 151 Å². The van der Waals surface area contributed by atoms with Gasteiger partial charge in [0.25, 0.3) is 0 Å². The first kappa shape index (κ1) is 18.2. The molecule has 1 unspecified atom stereocenters. The van der Waals surface area contributed by atoms with E-state index in [9.17, 15) is 13.6 Å². The van der Waals surface area contributed by atoms with E-state index >= 15 is 0 Å². The molecule has 1 aliphatic heterocycles. The van der Waals surface area contributed by atoms with Crippen LogP contribution < -0.4 is 10.1 Å². The SMILES string of the molecule is COc1ccc(C2CCCCCN2C(=O)Nc2ccc(F)cc2F)cc1. The van der Waals surface area contributed by atoms with Gasteiger partial charge in [0.1, 0.15) is 17.4 Å². The van der Waals surface area contributed by atoms with Crippen molar-refractivity contribution < 1.29 is 18.3 Å². The number of ether oxygens (including phenoxy) is 1. The van der Waals surface area contributed by atoms with Crippen molar-refractivity contribution in [1.29, 1.82) is 0 Å². The number of anilines is 1. The number of rotatable bonds is 3. The lowest BCUT2D eigenvalue weighted by Gasteiger charge is -2.30. The Kier molecular flexibility index (Phi) is 5.71. The van der Waals surface area contributed by atoms with Crippen molar-refractivity contribution in [2.24, 2.45) is 0 Å². The zero-order valence-electron chi connectivity index (χ0n) is 14.7. The number of carbonyl (C=O) groups excluding carboxylic acids is 1. The summed E-state index contributed by atoms with van der Waals surface area (Å²) >= 11 is 0. The summed E-state index contributed by atoms with van der Waals surface area (Å²) in [6.45, 7) is 0.589. The first-order valence-electron chi connectivity index (χ1n) is 8.75. The summed E-state index contributed by atoms with van der Waals surface area (Å²) in [5.41, 5.74) is 0.997. The van der Waals surface area contributed by atoms with E-state index in [4.69, 9.17) is 4.74 Å². The number of amides is 2. The lowest BCUT2D eigenvalue weighted by molar-refractivity contribution is 0.189. The Bertz CT molecular complexity index is 765. The first-order chi connectivity index (χ1) is 12.6. The van der Waals surface area contributed by atoms with Crippen LogP contribution in [0.5, 0.6) is 5.75 Å². The molecule has 138 valence electrons. The Morgan fingerprint density at radius 3 is 2.58 bits per heavy atom. The summed E-state index contributed by atoms with van der Waals surface area (Å²) in [5, 5.41) is 2.58. The minimum atomic E-state index is -0.783. The molecule has 0 aromatic heterocycles. The molecule has 0 saturated carbocycles. The quantitative estimate of drug-likeness (QED) is 0.825. The van der Waals surface area contributed by atoms with Crippen LogP contribution in [0, 0.1) is 11.6 Å². The fourth-order valence-corrected chi connectivity index (χ4v) is 3.30. The maximum Gasteiger partial charge on any atom is 0.322 e. The molecule has 1 aliphatic rings. The maximum atomic E-state index is 13.9. The molecule has 1 atom stereocenters. The topological polar surface area (TPSA) is 41.6 Å².